The van der Waals surface area contributed by atoms with Gasteiger partial charge in [0.1, 0.15) is 11.5 Å². The molecule has 1 heterocycles. The third-order valence-electron chi connectivity index (χ3n) is 3.63. The topological polar surface area (TPSA) is 66.8 Å². The molecule has 2 aromatic carbocycles. The Morgan fingerprint density at radius 1 is 0.783 bits per heavy atom. The average molecular weight is 308 g/mol. The molecular weight excluding hydrogens is 292 g/mol. The van der Waals surface area contributed by atoms with Crippen LogP contribution in [0.15, 0.2) is 59.7 Å². The Hall–Kier alpha value is -2.85. The van der Waals surface area contributed by atoms with Crippen LogP contribution in [0.5, 0.6) is 11.5 Å². The molecule has 0 unspecified atom stereocenters. The van der Waals surface area contributed by atoms with E-state index in [1.54, 1.807) is 60.7 Å². The second kappa shape index (κ2) is 6.50. The number of aromatic hydroxyl groups is 2. The van der Waals surface area contributed by atoms with E-state index in [2.05, 4.69) is 0 Å². The zero-order chi connectivity index (χ0) is 16.2. The Morgan fingerprint density at radius 3 is 1.65 bits per heavy atom. The van der Waals surface area contributed by atoms with Gasteiger partial charge in [-0.2, -0.15) is 0 Å². The van der Waals surface area contributed by atoms with Crippen LogP contribution in [0.3, 0.4) is 0 Å². The first-order valence-electron chi connectivity index (χ1n) is 7.25. The summed E-state index contributed by atoms with van der Waals surface area (Å²) < 4.78 is 5.47. The number of carbonyl (C=O) groups is 1. The quantitative estimate of drug-likeness (QED) is 0.836. The van der Waals surface area contributed by atoms with Crippen molar-refractivity contribution in [2.45, 2.75) is 0 Å². The predicted octanol–water partition coefficient (Wildman–Crippen LogP) is 3.16. The molecule has 1 aliphatic heterocycles. The standard InChI is InChI=1S/C19H16O4/c20-17-7-3-1-5-13(17)9-15-11-23-12-16(19(15)22)10-14-6-2-4-8-18(14)21/h1-10,20-21H,11-12H2/b15-9+,16-10+. The van der Waals surface area contributed by atoms with E-state index < -0.39 is 0 Å². The molecule has 1 fully saturated rings. The van der Waals surface area contributed by atoms with Gasteiger partial charge in [0.15, 0.2) is 5.78 Å². The Bertz CT molecular complexity index is 737. The molecule has 0 spiro atoms. The first kappa shape index (κ1) is 15.1. The summed E-state index contributed by atoms with van der Waals surface area (Å²) in [4.78, 5) is 12.6. The van der Waals surface area contributed by atoms with Crippen LogP contribution in [-0.2, 0) is 9.53 Å². The number of ketones is 1. The van der Waals surface area contributed by atoms with Crippen molar-refractivity contribution in [1.29, 1.82) is 0 Å². The fourth-order valence-corrected chi connectivity index (χ4v) is 2.42. The summed E-state index contributed by atoms with van der Waals surface area (Å²) in [7, 11) is 0. The fraction of sp³-hybridized carbons (Fsp3) is 0.105. The predicted molar refractivity (Wildman–Crippen MR) is 88.0 cm³/mol. The number of hydrogen-bond donors (Lipinski definition) is 2. The lowest BCUT2D eigenvalue weighted by Crippen LogP contribution is -2.21. The summed E-state index contributed by atoms with van der Waals surface area (Å²) in [5.41, 5.74) is 2.09. The van der Waals surface area contributed by atoms with Gasteiger partial charge in [-0.15, -0.1) is 0 Å². The molecule has 1 aliphatic rings. The van der Waals surface area contributed by atoms with E-state index >= 15 is 0 Å². The normalized spacial score (nSPS) is 18.5. The molecule has 4 heteroatoms. The molecule has 0 aliphatic carbocycles. The second-order valence-electron chi connectivity index (χ2n) is 5.28. The van der Waals surface area contributed by atoms with E-state index in [1.807, 2.05) is 0 Å². The van der Waals surface area contributed by atoms with Crippen LogP contribution in [0.2, 0.25) is 0 Å². The molecule has 116 valence electrons. The second-order valence-corrected chi connectivity index (χ2v) is 5.28. The lowest BCUT2D eigenvalue weighted by Gasteiger charge is -2.17. The van der Waals surface area contributed by atoms with Gasteiger partial charge in [0, 0.05) is 22.3 Å². The Morgan fingerprint density at radius 2 is 1.22 bits per heavy atom. The summed E-state index contributed by atoms with van der Waals surface area (Å²) in [6, 6.07) is 13.6. The molecule has 2 N–H and O–H groups in total. The highest BCUT2D eigenvalue weighted by molar-refractivity contribution is 6.14. The van der Waals surface area contributed by atoms with Gasteiger partial charge in [0.25, 0.3) is 0 Å². The summed E-state index contributed by atoms with van der Waals surface area (Å²) in [6.45, 7) is 0.399. The minimum atomic E-state index is -0.136. The van der Waals surface area contributed by atoms with Gasteiger partial charge in [-0.25, -0.2) is 0 Å². The number of phenolic OH excluding ortho intramolecular Hbond substituents is 2. The van der Waals surface area contributed by atoms with Gasteiger partial charge in [-0.05, 0) is 24.3 Å². The van der Waals surface area contributed by atoms with Gasteiger partial charge in [-0.3, -0.25) is 4.79 Å². The van der Waals surface area contributed by atoms with Crippen molar-refractivity contribution in [1.82, 2.24) is 0 Å². The number of hydrogen-bond acceptors (Lipinski definition) is 4. The maximum absolute atomic E-state index is 12.6. The Labute approximate surface area is 134 Å². The molecule has 4 nitrogen and oxygen atoms in total. The SMILES string of the molecule is O=C1/C(=C/c2ccccc2O)COC/C1=C\c1ccccc1O. The van der Waals surface area contributed by atoms with E-state index in [0.717, 1.165) is 0 Å². The number of para-hydroxylation sites is 2. The van der Waals surface area contributed by atoms with E-state index in [0.29, 0.717) is 22.3 Å². The maximum atomic E-state index is 12.6. The number of rotatable bonds is 2. The summed E-state index contributed by atoms with van der Waals surface area (Å²) >= 11 is 0. The number of ether oxygens (including phenoxy) is 1. The number of Topliss-reactive ketones (excluding diaryl/α,β-unsaturated/α-hetero) is 1. The highest BCUT2D eigenvalue weighted by atomic mass is 16.5. The zero-order valence-electron chi connectivity index (χ0n) is 12.4. The third kappa shape index (κ3) is 3.33. The smallest absolute Gasteiger partial charge is 0.189 e. The highest BCUT2D eigenvalue weighted by Gasteiger charge is 2.21. The first-order valence-corrected chi connectivity index (χ1v) is 7.25. The van der Waals surface area contributed by atoms with Crippen LogP contribution in [-0.4, -0.2) is 29.2 Å². The minimum absolute atomic E-state index is 0.115. The van der Waals surface area contributed by atoms with Crippen molar-refractivity contribution < 1.29 is 19.7 Å². The number of benzene rings is 2. The molecule has 0 atom stereocenters. The lowest BCUT2D eigenvalue weighted by molar-refractivity contribution is -0.114. The third-order valence-corrected chi connectivity index (χ3v) is 3.63. The van der Waals surface area contributed by atoms with Crippen molar-refractivity contribution in [2.24, 2.45) is 0 Å². The zero-order valence-corrected chi connectivity index (χ0v) is 12.4. The molecular formula is C19H16O4. The van der Waals surface area contributed by atoms with Gasteiger partial charge in [-0.1, -0.05) is 36.4 Å². The molecule has 0 aromatic heterocycles. The van der Waals surface area contributed by atoms with Gasteiger partial charge >= 0.3 is 0 Å². The summed E-state index contributed by atoms with van der Waals surface area (Å²) in [6.07, 6.45) is 3.27. The number of phenols is 2. The van der Waals surface area contributed by atoms with Crippen LogP contribution >= 0.6 is 0 Å². The molecule has 0 saturated carbocycles. The van der Waals surface area contributed by atoms with Gasteiger partial charge in [0.05, 0.1) is 13.2 Å². The molecule has 0 bridgehead atoms. The van der Waals surface area contributed by atoms with Crippen LogP contribution in [0.4, 0.5) is 0 Å². The maximum Gasteiger partial charge on any atom is 0.189 e. The average Bonchev–Trinajstić information content (AvgIpc) is 2.55. The lowest BCUT2D eigenvalue weighted by atomic mass is 9.97. The summed E-state index contributed by atoms with van der Waals surface area (Å²) in [5.74, 6) is 0.0944. The number of carbonyl (C=O) groups excluding carboxylic acids is 1. The van der Waals surface area contributed by atoms with Crippen LogP contribution in [0.25, 0.3) is 12.2 Å². The Kier molecular flexibility index (Phi) is 4.26. The van der Waals surface area contributed by atoms with Gasteiger partial charge < -0.3 is 14.9 Å². The van der Waals surface area contributed by atoms with Crippen molar-refractivity contribution >= 4 is 17.9 Å². The van der Waals surface area contributed by atoms with Crippen molar-refractivity contribution in [3.05, 3.63) is 70.8 Å². The van der Waals surface area contributed by atoms with Crippen LogP contribution in [0, 0.1) is 0 Å². The fourth-order valence-electron chi connectivity index (χ4n) is 2.42. The van der Waals surface area contributed by atoms with Gasteiger partial charge in [0.2, 0.25) is 0 Å². The van der Waals surface area contributed by atoms with Crippen molar-refractivity contribution in [3.8, 4) is 11.5 Å². The van der Waals surface area contributed by atoms with E-state index in [-0.39, 0.29) is 30.5 Å². The minimum Gasteiger partial charge on any atom is -0.507 e. The molecule has 3 rings (SSSR count). The first-order chi connectivity index (χ1) is 11.1. The molecule has 1 saturated heterocycles. The van der Waals surface area contributed by atoms with Crippen molar-refractivity contribution in [2.75, 3.05) is 13.2 Å². The van der Waals surface area contributed by atoms with Crippen LogP contribution in [0.1, 0.15) is 11.1 Å². The highest BCUT2D eigenvalue weighted by Crippen LogP contribution is 2.25. The largest absolute Gasteiger partial charge is 0.507 e. The van der Waals surface area contributed by atoms with E-state index in [9.17, 15) is 15.0 Å². The Balaban J connectivity index is 1.93. The monoisotopic (exact) mass is 308 g/mol. The molecule has 2 aromatic rings. The summed E-state index contributed by atoms with van der Waals surface area (Å²) in [5, 5.41) is 19.6. The van der Waals surface area contributed by atoms with E-state index in [1.165, 1.54) is 0 Å². The van der Waals surface area contributed by atoms with Crippen LogP contribution < -0.4 is 0 Å². The molecule has 0 amide bonds. The van der Waals surface area contributed by atoms with Crippen molar-refractivity contribution in [3.63, 3.8) is 0 Å². The molecule has 0 radical (unpaired) electrons. The van der Waals surface area contributed by atoms with E-state index in [4.69, 9.17) is 4.74 Å². The molecule has 23 heavy (non-hydrogen) atoms.